The first-order chi connectivity index (χ1) is 9.95. The molecule has 0 bridgehead atoms. The van der Waals surface area contributed by atoms with Crippen molar-refractivity contribution in [1.82, 2.24) is 4.90 Å². The average molecular weight is 367 g/mol. The van der Waals surface area contributed by atoms with E-state index in [9.17, 15) is 4.39 Å². The number of hydrogen-bond acceptors (Lipinski definition) is 2. The molecule has 5 heteroatoms. The van der Waals surface area contributed by atoms with Gasteiger partial charge < -0.3 is 5.73 Å². The molecule has 0 saturated carbocycles. The monoisotopic (exact) mass is 366 g/mol. The Morgan fingerprint density at radius 1 is 1.24 bits per heavy atom. The molecular weight excluding hydrogens is 351 g/mol. The molecule has 0 aliphatic carbocycles. The normalized spacial score (nSPS) is 10.9. The second-order valence-electron chi connectivity index (χ2n) is 4.97. The zero-order valence-corrected chi connectivity index (χ0v) is 14.0. The molecule has 0 atom stereocenters. The van der Waals surface area contributed by atoms with E-state index in [1.807, 2.05) is 19.2 Å². The van der Waals surface area contributed by atoms with Crippen LogP contribution < -0.4 is 5.73 Å². The van der Waals surface area contributed by atoms with Gasteiger partial charge in [0.15, 0.2) is 0 Å². The molecule has 0 aliphatic heterocycles. The number of halogens is 2. The maximum atomic E-state index is 13.4. The van der Waals surface area contributed by atoms with Crippen LogP contribution in [0.4, 0.5) is 4.39 Å². The van der Waals surface area contributed by atoms with E-state index in [2.05, 4.69) is 33.0 Å². The predicted octanol–water partition coefficient (Wildman–Crippen LogP) is 3.85. The minimum Gasteiger partial charge on any atom is -0.389 e. The first-order valence-corrected chi connectivity index (χ1v) is 7.67. The Morgan fingerprint density at radius 2 is 2.00 bits per heavy atom. The molecule has 0 aliphatic rings. The van der Waals surface area contributed by atoms with Gasteiger partial charge in [0.1, 0.15) is 10.8 Å². The third-order valence-corrected chi connectivity index (χ3v) is 3.83. The Morgan fingerprint density at radius 3 is 2.67 bits per heavy atom. The summed E-state index contributed by atoms with van der Waals surface area (Å²) < 4.78 is 14.5. The van der Waals surface area contributed by atoms with Crippen molar-refractivity contribution in [3.8, 4) is 0 Å². The summed E-state index contributed by atoms with van der Waals surface area (Å²) in [5.74, 6) is -0.277. The van der Waals surface area contributed by atoms with Crippen molar-refractivity contribution in [2.75, 3.05) is 7.05 Å². The minimum atomic E-state index is -0.277. The van der Waals surface area contributed by atoms with Gasteiger partial charge in [-0.05, 0) is 48.5 Å². The highest BCUT2D eigenvalue weighted by Gasteiger charge is 2.10. The largest absolute Gasteiger partial charge is 0.389 e. The molecule has 0 saturated heterocycles. The van der Waals surface area contributed by atoms with Crippen molar-refractivity contribution in [1.29, 1.82) is 0 Å². The van der Waals surface area contributed by atoms with Crippen molar-refractivity contribution in [2.24, 2.45) is 5.73 Å². The summed E-state index contributed by atoms with van der Waals surface area (Å²) in [6.45, 7) is 1.34. The third-order valence-electron chi connectivity index (χ3n) is 3.11. The highest BCUT2D eigenvalue weighted by atomic mass is 79.9. The molecule has 0 radical (unpaired) electrons. The second kappa shape index (κ2) is 7.11. The van der Waals surface area contributed by atoms with Gasteiger partial charge in [0.25, 0.3) is 0 Å². The lowest BCUT2D eigenvalue weighted by Gasteiger charge is -2.19. The van der Waals surface area contributed by atoms with Crippen LogP contribution in [0, 0.1) is 5.82 Å². The van der Waals surface area contributed by atoms with Gasteiger partial charge in [-0.3, -0.25) is 4.90 Å². The van der Waals surface area contributed by atoms with Crippen LogP contribution >= 0.6 is 28.1 Å². The van der Waals surface area contributed by atoms with E-state index in [1.165, 1.54) is 17.7 Å². The molecule has 0 unspecified atom stereocenters. The molecule has 0 spiro atoms. The number of thiocarbonyl (C=S) groups is 1. The highest BCUT2D eigenvalue weighted by Crippen LogP contribution is 2.17. The lowest BCUT2D eigenvalue weighted by atomic mass is 10.1. The van der Waals surface area contributed by atoms with Gasteiger partial charge in [0.05, 0.1) is 0 Å². The van der Waals surface area contributed by atoms with E-state index in [0.717, 1.165) is 22.1 Å². The van der Waals surface area contributed by atoms with Gasteiger partial charge in [-0.2, -0.15) is 0 Å². The maximum absolute atomic E-state index is 13.4. The van der Waals surface area contributed by atoms with E-state index in [1.54, 1.807) is 6.07 Å². The van der Waals surface area contributed by atoms with Crippen molar-refractivity contribution in [3.63, 3.8) is 0 Å². The standard InChI is InChI=1S/C16H16BrFN2S/c1-20(9-11-3-2-4-13(17)7-11)10-12-8-14(18)5-6-15(12)16(19)21/h2-8H,9-10H2,1H3,(H2,19,21). The van der Waals surface area contributed by atoms with Crippen LogP contribution in [0.25, 0.3) is 0 Å². The fourth-order valence-electron chi connectivity index (χ4n) is 2.23. The Hall–Kier alpha value is -1.30. The topological polar surface area (TPSA) is 29.3 Å². The SMILES string of the molecule is CN(Cc1cccc(Br)c1)Cc1cc(F)ccc1C(N)=S. The Kier molecular flexibility index (Phi) is 5.45. The highest BCUT2D eigenvalue weighted by molar-refractivity contribution is 9.10. The molecule has 2 aromatic carbocycles. The minimum absolute atomic E-state index is 0.277. The van der Waals surface area contributed by atoms with Crippen molar-refractivity contribution < 1.29 is 4.39 Å². The Bertz CT molecular complexity index is 660. The number of nitrogens with zero attached hydrogens (tertiary/aromatic N) is 1. The van der Waals surface area contributed by atoms with Gasteiger partial charge in [0.2, 0.25) is 0 Å². The quantitative estimate of drug-likeness (QED) is 0.814. The van der Waals surface area contributed by atoms with Crippen molar-refractivity contribution >= 4 is 33.1 Å². The Balaban J connectivity index is 2.14. The number of rotatable bonds is 5. The Labute approximate surface area is 137 Å². The number of hydrogen-bond donors (Lipinski definition) is 1. The first kappa shape index (κ1) is 16.1. The van der Waals surface area contributed by atoms with Gasteiger partial charge in [-0.25, -0.2) is 4.39 Å². The molecule has 0 amide bonds. The van der Waals surface area contributed by atoms with Crippen LogP contribution in [0.2, 0.25) is 0 Å². The van der Waals surface area contributed by atoms with Crippen LogP contribution in [0.3, 0.4) is 0 Å². The summed E-state index contributed by atoms with van der Waals surface area (Å²) >= 11 is 8.48. The summed E-state index contributed by atoms with van der Waals surface area (Å²) in [4.78, 5) is 2.39. The molecule has 0 heterocycles. The van der Waals surface area contributed by atoms with Crippen LogP contribution in [-0.2, 0) is 13.1 Å². The molecule has 2 nitrogen and oxygen atoms in total. The van der Waals surface area contributed by atoms with E-state index in [4.69, 9.17) is 18.0 Å². The number of nitrogens with two attached hydrogens (primary N) is 1. The lowest BCUT2D eigenvalue weighted by molar-refractivity contribution is 0.318. The third kappa shape index (κ3) is 4.59. The average Bonchev–Trinajstić information content (AvgIpc) is 2.38. The van der Waals surface area contributed by atoms with Gasteiger partial charge in [-0.15, -0.1) is 0 Å². The van der Waals surface area contributed by atoms with Gasteiger partial charge in [-0.1, -0.05) is 40.3 Å². The van der Waals surface area contributed by atoms with Crippen molar-refractivity contribution in [2.45, 2.75) is 13.1 Å². The molecule has 0 fully saturated rings. The summed E-state index contributed by atoms with van der Waals surface area (Å²) in [6, 6.07) is 12.6. The van der Waals surface area contributed by atoms with Crippen LogP contribution in [-0.4, -0.2) is 16.9 Å². The van der Waals surface area contributed by atoms with E-state index < -0.39 is 0 Å². The summed E-state index contributed by atoms with van der Waals surface area (Å²) in [5.41, 5.74) is 8.41. The van der Waals surface area contributed by atoms with Crippen molar-refractivity contribution in [3.05, 3.63) is 69.4 Å². The molecule has 110 valence electrons. The summed E-state index contributed by atoms with van der Waals surface area (Å²) in [5, 5.41) is 0. The fraction of sp³-hybridized carbons (Fsp3) is 0.188. The van der Waals surface area contributed by atoms with E-state index >= 15 is 0 Å². The molecule has 21 heavy (non-hydrogen) atoms. The smallest absolute Gasteiger partial charge is 0.123 e. The van der Waals surface area contributed by atoms with Crippen LogP contribution in [0.1, 0.15) is 16.7 Å². The van der Waals surface area contributed by atoms with Gasteiger partial charge in [0, 0.05) is 23.1 Å². The maximum Gasteiger partial charge on any atom is 0.123 e. The number of benzene rings is 2. The second-order valence-corrected chi connectivity index (χ2v) is 6.32. The zero-order chi connectivity index (χ0) is 15.4. The molecule has 2 aromatic rings. The van der Waals surface area contributed by atoms with Crippen LogP contribution in [0.5, 0.6) is 0 Å². The summed E-state index contributed by atoms with van der Waals surface area (Å²) in [7, 11) is 1.98. The molecule has 2 rings (SSSR count). The molecular formula is C16H16BrFN2S. The zero-order valence-electron chi connectivity index (χ0n) is 11.6. The molecule has 2 N–H and O–H groups in total. The van der Waals surface area contributed by atoms with E-state index in [-0.39, 0.29) is 5.82 Å². The first-order valence-electron chi connectivity index (χ1n) is 6.47. The van der Waals surface area contributed by atoms with Gasteiger partial charge >= 0.3 is 0 Å². The lowest BCUT2D eigenvalue weighted by Crippen LogP contribution is -2.21. The van der Waals surface area contributed by atoms with E-state index in [0.29, 0.717) is 11.5 Å². The summed E-state index contributed by atoms with van der Waals surface area (Å²) in [6.07, 6.45) is 0. The fourth-order valence-corrected chi connectivity index (χ4v) is 2.87. The predicted molar refractivity (Wildman–Crippen MR) is 91.6 cm³/mol. The van der Waals surface area contributed by atoms with Crippen LogP contribution in [0.15, 0.2) is 46.9 Å². The molecule has 0 aromatic heterocycles.